The van der Waals surface area contributed by atoms with E-state index >= 15 is 0 Å². The molecule has 1 N–H and O–H groups in total. The molecule has 0 saturated carbocycles. The van der Waals surface area contributed by atoms with E-state index in [2.05, 4.69) is 31.1 Å². The third-order valence-electron chi connectivity index (χ3n) is 4.54. The smallest absolute Gasteiger partial charge is 0.236 e. The van der Waals surface area contributed by atoms with Gasteiger partial charge in [0.05, 0.1) is 41.6 Å². The Morgan fingerprint density at radius 2 is 2.14 bits per heavy atom. The Kier molecular flexibility index (Phi) is 5.79. The van der Waals surface area contributed by atoms with Gasteiger partial charge in [0.1, 0.15) is 5.76 Å². The molecule has 0 aliphatic carbocycles. The number of aryl methyl sites for hydroxylation is 1. The predicted octanol–water partition coefficient (Wildman–Crippen LogP) is 4.49. The maximum absolute atomic E-state index is 12.7. The molecule has 1 aromatic carbocycles. The van der Waals surface area contributed by atoms with Gasteiger partial charge >= 0.3 is 0 Å². The first-order valence-corrected chi connectivity index (χ1v) is 10.7. The molecule has 1 saturated heterocycles. The third kappa shape index (κ3) is 4.29. The first-order chi connectivity index (χ1) is 13.6. The van der Waals surface area contributed by atoms with E-state index in [0.717, 1.165) is 33.8 Å². The van der Waals surface area contributed by atoms with E-state index in [-0.39, 0.29) is 12.3 Å². The van der Waals surface area contributed by atoms with Crippen LogP contribution in [0.4, 0.5) is 11.4 Å². The number of ether oxygens (including phenoxy) is 1. The Hall–Kier alpha value is -2.16. The quantitative estimate of drug-likeness (QED) is 0.605. The molecule has 8 heteroatoms. The summed E-state index contributed by atoms with van der Waals surface area (Å²) in [4.78, 5) is 20.4. The van der Waals surface area contributed by atoms with Crippen LogP contribution >= 0.6 is 27.3 Å². The third-order valence-corrected chi connectivity index (χ3v) is 5.89. The number of amides is 1. The number of carbonyl (C=O) groups excluding carboxylic acids is 1. The minimum atomic E-state index is -0.123. The van der Waals surface area contributed by atoms with Crippen molar-refractivity contribution in [3.05, 3.63) is 51.6 Å². The molecule has 0 atom stereocenters. The van der Waals surface area contributed by atoms with Crippen molar-refractivity contribution in [3.63, 3.8) is 0 Å². The van der Waals surface area contributed by atoms with Crippen molar-refractivity contribution < 1.29 is 13.9 Å². The molecule has 0 spiro atoms. The van der Waals surface area contributed by atoms with E-state index < -0.39 is 0 Å². The van der Waals surface area contributed by atoms with Gasteiger partial charge in [-0.15, -0.1) is 11.3 Å². The Morgan fingerprint density at radius 1 is 1.32 bits per heavy atom. The highest BCUT2D eigenvalue weighted by Gasteiger charge is 2.19. The monoisotopic (exact) mass is 461 g/mol. The van der Waals surface area contributed by atoms with Crippen LogP contribution < -0.4 is 10.2 Å². The molecule has 6 nitrogen and oxygen atoms in total. The zero-order valence-electron chi connectivity index (χ0n) is 15.4. The average molecular weight is 462 g/mol. The number of rotatable bonds is 5. The van der Waals surface area contributed by atoms with Gasteiger partial charge in [-0.25, -0.2) is 4.98 Å². The van der Waals surface area contributed by atoms with Crippen LogP contribution in [0.15, 0.2) is 44.6 Å². The predicted molar refractivity (Wildman–Crippen MR) is 114 cm³/mol. The standard InChI is InChI=1S/C20H20BrN3O3S/c1-13-15(23-20(27-13)18-3-2-10-28-18)12-19(25)22-16-11-14(21)4-5-17(16)24-6-8-26-9-7-24/h2-5,10-11H,6-9,12H2,1H3,(H,22,25). The largest absolute Gasteiger partial charge is 0.440 e. The van der Waals surface area contributed by atoms with Gasteiger partial charge in [0.2, 0.25) is 11.8 Å². The van der Waals surface area contributed by atoms with Gasteiger partial charge < -0.3 is 19.4 Å². The number of benzene rings is 1. The van der Waals surface area contributed by atoms with Crippen LogP contribution in [-0.4, -0.2) is 37.2 Å². The molecule has 1 aliphatic heterocycles. The molecule has 2 aromatic heterocycles. The van der Waals surface area contributed by atoms with E-state index in [1.54, 1.807) is 11.3 Å². The summed E-state index contributed by atoms with van der Waals surface area (Å²) in [6.45, 7) is 4.82. The van der Waals surface area contributed by atoms with Crippen molar-refractivity contribution in [1.29, 1.82) is 0 Å². The van der Waals surface area contributed by atoms with E-state index in [4.69, 9.17) is 9.15 Å². The molecular weight excluding hydrogens is 442 g/mol. The Balaban J connectivity index is 1.50. The molecule has 0 bridgehead atoms. The van der Waals surface area contributed by atoms with Crippen LogP contribution in [0.1, 0.15) is 11.5 Å². The topological polar surface area (TPSA) is 67.6 Å². The highest BCUT2D eigenvalue weighted by atomic mass is 79.9. The number of hydrogen-bond acceptors (Lipinski definition) is 6. The lowest BCUT2D eigenvalue weighted by Gasteiger charge is -2.30. The van der Waals surface area contributed by atoms with Crippen molar-refractivity contribution in [2.24, 2.45) is 0 Å². The van der Waals surface area contributed by atoms with Gasteiger partial charge in [-0.05, 0) is 36.6 Å². The van der Waals surface area contributed by atoms with Gasteiger partial charge in [-0.1, -0.05) is 22.0 Å². The average Bonchev–Trinajstić information content (AvgIpc) is 3.33. The van der Waals surface area contributed by atoms with Crippen molar-refractivity contribution in [3.8, 4) is 10.8 Å². The van der Waals surface area contributed by atoms with E-state index in [1.807, 2.05) is 42.6 Å². The number of nitrogens with zero attached hydrogens (tertiary/aromatic N) is 2. The van der Waals surface area contributed by atoms with Gasteiger partial charge in [-0.3, -0.25) is 4.79 Å². The van der Waals surface area contributed by atoms with Gasteiger partial charge in [0, 0.05) is 17.6 Å². The van der Waals surface area contributed by atoms with Crippen LogP contribution in [0.2, 0.25) is 0 Å². The normalized spacial score (nSPS) is 14.3. The Morgan fingerprint density at radius 3 is 2.89 bits per heavy atom. The highest BCUT2D eigenvalue weighted by molar-refractivity contribution is 9.10. The van der Waals surface area contributed by atoms with Gasteiger partial charge in [-0.2, -0.15) is 0 Å². The van der Waals surface area contributed by atoms with Crippen LogP contribution in [0.3, 0.4) is 0 Å². The number of morpholine rings is 1. The van der Waals surface area contributed by atoms with E-state index in [0.29, 0.717) is 30.6 Å². The zero-order chi connectivity index (χ0) is 19.5. The van der Waals surface area contributed by atoms with Crippen LogP contribution in [-0.2, 0) is 16.0 Å². The van der Waals surface area contributed by atoms with Gasteiger partial charge in [0.15, 0.2) is 0 Å². The summed E-state index contributed by atoms with van der Waals surface area (Å²) in [5.74, 6) is 1.11. The maximum atomic E-state index is 12.7. The number of hydrogen-bond donors (Lipinski definition) is 1. The Labute approximate surface area is 175 Å². The molecule has 28 heavy (non-hydrogen) atoms. The molecule has 4 rings (SSSR count). The fraction of sp³-hybridized carbons (Fsp3) is 0.300. The number of carbonyl (C=O) groups is 1. The van der Waals surface area contributed by atoms with Gasteiger partial charge in [0.25, 0.3) is 0 Å². The number of anilines is 2. The number of thiophene rings is 1. The lowest BCUT2D eigenvalue weighted by Crippen LogP contribution is -2.36. The summed E-state index contributed by atoms with van der Waals surface area (Å²) < 4.78 is 12.1. The first-order valence-electron chi connectivity index (χ1n) is 9.02. The second kappa shape index (κ2) is 8.46. The minimum absolute atomic E-state index is 0.123. The van der Waals surface area contributed by atoms with E-state index in [1.165, 1.54) is 0 Å². The number of halogens is 1. The summed E-state index contributed by atoms with van der Waals surface area (Å²) in [6, 6.07) is 9.83. The van der Waals surface area contributed by atoms with Crippen molar-refractivity contribution >= 4 is 44.5 Å². The summed E-state index contributed by atoms with van der Waals surface area (Å²) in [5.41, 5.74) is 2.43. The van der Waals surface area contributed by atoms with Crippen LogP contribution in [0.5, 0.6) is 0 Å². The number of nitrogens with one attached hydrogen (secondary N) is 1. The molecule has 3 heterocycles. The fourth-order valence-electron chi connectivity index (χ4n) is 3.13. The lowest BCUT2D eigenvalue weighted by molar-refractivity contribution is -0.115. The maximum Gasteiger partial charge on any atom is 0.236 e. The second-order valence-electron chi connectivity index (χ2n) is 6.49. The molecule has 1 amide bonds. The molecule has 0 unspecified atom stereocenters. The number of aromatic nitrogens is 1. The molecule has 1 fully saturated rings. The van der Waals surface area contributed by atoms with Crippen LogP contribution in [0, 0.1) is 6.92 Å². The highest BCUT2D eigenvalue weighted by Crippen LogP contribution is 2.31. The lowest BCUT2D eigenvalue weighted by atomic mass is 10.2. The molecule has 0 radical (unpaired) electrons. The first kappa shape index (κ1) is 19.2. The summed E-state index contributed by atoms with van der Waals surface area (Å²) in [5, 5.41) is 5.01. The molecular formula is C20H20BrN3O3S. The van der Waals surface area contributed by atoms with Crippen molar-refractivity contribution in [2.45, 2.75) is 13.3 Å². The van der Waals surface area contributed by atoms with Crippen molar-refractivity contribution in [2.75, 3.05) is 36.5 Å². The SMILES string of the molecule is Cc1oc(-c2cccs2)nc1CC(=O)Nc1cc(Br)ccc1N1CCOCC1. The minimum Gasteiger partial charge on any atom is -0.440 e. The van der Waals surface area contributed by atoms with Crippen LogP contribution in [0.25, 0.3) is 10.8 Å². The van der Waals surface area contributed by atoms with E-state index in [9.17, 15) is 4.79 Å². The summed E-state index contributed by atoms with van der Waals surface area (Å²) in [6.07, 6.45) is 0.162. The fourth-order valence-corrected chi connectivity index (χ4v) is 4.14. The van der Waals surface area contributed by atoms with Crippen molar-refractivity contribution in [1.82, 2.24) is 4.98 Å². The summed E-state index contributed by atoms with van der Waals surface area (Å²) in [7, 11) is 0. The molecule has 146 valence electrons. The summed E-state index contributed by atoms with van der Waals surface area (Å²) >= 11 is 5.05. The molecule has 1 aliphatic rings. The zero-order valence-corrected chi connectivity index (χ0v) is 17.8. The second-order valence-corrected chi connectivity index (χ2v) is 8.35. The molecule has 3 aromatic rings. The number of oxazole rings is 1. The Bertz CT molecular complexity index is 965.